The Morgan fingerprint density at radius 1 is 1.10 bits per heavy atom. The minimum Gasteiger partial charge on any atom is -0.355 e. The van der Waals surface area contributed by atoms with Crippen LogP contribution in [0.2, 0.25) is 0 Å². The summed E-state index contributed by atoms with van der Waals surface area (Å²) in [5.74, 6) is 0.769. The van der Waals surface area contributed by atoms with E-state index in [1.54, 1.807) is 0 Å². The van der Waals surface area contributed by atoms with E-state index >= 15 is 0 Å². The highest BCUT2D eigenvalue weighted by atomic mass is 16.2. The van der Waals surface area contributed by atoms with Crippen LogP contribution in [0.1, 0.15) is 74.1 Å². The van der Waals surface area contributed by atoms with Crippen LogP contribution in [0.4, 0.5) is 0 Å². The second-order valence-corrected chi connectivity index (χ2v) is 8.97. The number of amides is 1. The molecule has 21 heavy (non-hydrogen) atoms. The van der Waals surface area contributed by atoms with E-state index in [9.17, 15) is 4.79 Å². The molecule has 0 saturated heterocycles. The van der Waals surface area contributed by atoms with Gasteiger partial charge in [0, 0.05) is 12.6 Å². The summed E-state index contributed by atoms with van der Waals surface area (Å²) in [6, 6.07) is 0.335. The number of carbonyl (C=O) groups excluding carboxylic acids is 1. The lowest BCUT2D eigenvalue weighted by atomic mass is 9.63. The third-order valence-corrected chi connectivity index (χ3v) is 4.45. The van der Waals surface area contributed by atoms with Crippen molar-refractivity contribution >= 4 is 5.91 Å². The molecule has 0 aromatic heterocycles. The van der Waals surface area contributed by atoms with E-state index in [4.69, 9.17) is 0 Å². The van der Waals surface area contributed by atoms with E-state index < -0.39 is 0 Å². The zero-order valence-electron chi connectivity index (χ0n) is 15.2. The van der Waals surface area contributed by atoms with Gasteiger partial charge in [0.25, 0.3) is 0 Å². The van der Waals surface area contributed by atoms with Crippen LogP contribution in [0.15, 0.2) is 0 Å². The molecule has 1 atom stereocenters. The van der Waals surface area contributed by atoms with Crippen molar-refractivity contribution in [1.29, 1.82) is 0 Å². The van der Waals surface area contributed by atoms with E-state index in [0.717, 1.165) is 25.8 Å². The Hall–Kier alpha value is -0.570. The molecule has 2 N–H and O–H groups in total. The highest BCUT2D eigenvalue weighted by molar-refractivity contribution is 5.81. The Balaban J connectivity index is 2.46. The molecule has 0 radical (unpaired) electrons. The van der Waals surface area contributed by atoms with Gasteiger partial charge in [-0.2, -0.15) is 0 Å². The quantitative estimate of drug-likeness (QED) is 0.784. The van der Waals surface area contributed by atoms with Crippen LogP contribution in [-0.2, 0) is 4.79 Å². The topological polar surface area (TPSA) is 41.1 Å². The normalized spacial score (nSPS) is 23.0. The monoisotopic (exact) mass is 296 g/mol. The van der Waals surface area contributed by atoms with E-state index in [-0.39, 0.29) is 11.9 Å². The lowest BCUT2D eigenvalue weighted by Gasteiger charge is -2.45. The summed E-state index contributed by atoms with van der Waals surface area (Å²) < 4.78 is 0. The first-order valence-corrected chi connectivity index (χ1v) is 8.54. The van der Waals surface area contributed by atoms with Crippen LogP contribution < -0.4 is 10.6 Å². The molecule has 0 aromatic carbocycles. The van der Waals surface area contributed by atoms with Crippen molar-refractivity contribution in [1.82, 2.24) is 10.6 Å². The fraction of sp³-hybridized carbons (Fsp3) is 0.944. The summed E-state index contributed by atoms with van der Waals surface area (Å²) in [7, 11) is 0. The van der Waals surface area contributed by atoms with E-state index in [2.05, 4.69) is 52.2 Å². The molecule has 1 fully saturated rings. The predicted molar refractivity (Wildman–Crippen MR) is 90.3 cm³/mol. The van der Waals surface area contributed by atoms with Crippen LogP contribution in [-0.4, -0.2) is 24.5 Å². The van der Waals surface area contributed by atoms with Gasteiger partial charge in [0.1, 0.15) is 0 Å². The van der Waals surface area contributed by atoms with Gasteiger partial charge in [-0.3, -0.25) is 4.79 Å². The number of nitrogens with one attached hydrogen (secondary N) is 2. The van der Waals surface area contributed by atoms with Crippen molar-refractivity contribution in [3.63, 3.8) is 0 Å². The van der Waals surface area contributed by atoms with Crippen LogP contribution in [0.25, 0.3) is 0 Å². The van der Waals surface area contributed by atoms with Crippen LogP contribution in [0, 0.1) is 16.7 Å². The molecule has 0 bridgehead atoms. The smallest absolute Gasteiger partial charge is 0.236 e. The van der Waals surface area contributed by atoms with Gasteiger partial charge in [0.2, 0.25) is 5.91 Å². The van der Waals surface area contributed by atoms with E-state index in [1.165, 1.54) is 6.42 Å². The molecule has 0 heterocycles. The molecule has 0 aromatic rings. The van der Waals surface area contributed by atoms with Gasteiger partial charge < -0.3 is 10.6 Å². The molecule has 1 amide bonds. The number of rotatable bonds is 6. The molecule has 3 heteroatoms. The maximum atomic E-state index is 12.1. The van der Waals surface area contributed by atoms with E-state index in [0.29, 0.717) is 22.8 Å². The summed E-state index contributed by atoms with van der Waals surface area (Å²) >= 11 is 0. The number of carbonyl (C=O) groups is 1. The zero-order valence-corrected chi connectivity index (χ0v) is 15.2. The fourth-order valence-corrected chi connectivity index (χ4v) is 4.03. The predicted octanol–water partition coefficient (Wildman–Crippen LogP) is 3.73. The van der Waals surface area contributed by atoms with Gasteiger partial charge in [-0.15, -0.1) is 0 Å². The molecule has 1 rings (SSSR count). The molecule has 0 spiro atoms. The van der Waals surface area contributed by atoms with Crippen molar-refractivity contribution in [2.45, 2.75) is 86.2 Å². The standard InChI is InChI=1S/C18H36N2O/c1-13(2)8-9-19-16(21)14(3)20-15-10-17(4,5)12-18(6,7)11-15/h13-15,20H,8-12H2,1-7H3,(H,19,21). The minimum atomic E-state index is -0.105. The minimum absolute atomic E-state index is 0.105. The average Bonchev–Trinajstić information content (AvgIpc) is 2.23. The second-order valence-electron chi connectivity index (χ2n) is 8.97. The fourth-order valence-electron chi connectivity index (χ4n) is 4.03. The lowest BCUT2D eigenvalue weighted by Crippen LogP contribution is -2.51. The summed E-state index contributed by atoms with van der Waals surface area (Å²) in [5, 5.41) is 6.60. The Morgan fingerprint density at radius 2 is 1.62 bits per heavy atom. The Labute approximate surface area is 131 Å². The van der Waals surface area contributed by atoms with Crippen molar-refractivity contribution in [2.24, 2.45) is 16.7 Å². The van der Waals surface area contributed by atoms with Gasteiger partial charge in [-0.05, 0) is 49.4 Å². The van der Waals surface area contributed by atoms with Crippen molar-refractivity contribution < 1.29 is 4.79 Å². The first kappa shape index (κ1) is 18.5. The molecule has 0 aliphatic heterocycles. The maximum absolute atomic E-state index is 12.1. The molecule has 124 valence electrons. The molecular formula is C18H36N2O. The Bertz CT molecular complexity index is 331. The SMILES string of the molecule is CC(C)CCNC(=O)C(C)NC1CC(C)(C)CC(C)(C)C1. The summed E-state index contributed by atoms with van der Waals surface area (Å²) in [6.45, 7) is 16.5. The molecule has 1 aliphatic rings. The summed E-state index contributed by atoms with van der Waals surface area (Å²) in [4.78, 5) is 12.1. The molecular weight excluding hydrogens is 260 g/mol. The third kappa shape index (κ3) is 6.82. The highest BCUT2D eigenvalue weighted by Gasteiger charge is 2.39. The average molecular weight is 296 g/mol. The van der Waals surface area contributed by atoms with Crippen LogP contribution >= 0.6 is 0 Å². The van der Waals surface area contributed by atoms with Crippen LogP contribution in [0.5, 0.6) is 0 Å². The lowest BCUT2D eigenvalue weighted by molar-refractivity contribution is -0.123. The Morgan fingerprint density at radius 3 is 2.10 bits per heavy atom. The maximum Gasteiger partial charge on any atom is 0.236 e. The van der Waals surface area contributed by atoms with E-state index in [1.807, 2.05) is 6.92 Å². The molecule has 1 unspecified atom stereocenters. The largest absolute Gasteiger partial charge is 0.355 e. The van der Waals surface area contributed by atoms with Gasteiger partial charge in [-0.1, -0.05) is 41.5 Å². The molecule has 1 saturated carbocycles. The van der Waals surface area contributed by atoms with Gasteiger partial charge in [0.05, 0.1) is 6.04 Å². The van der Waals surface area contributed by atoms with Gasteiger partial charge in [0.15, 0.2) is 0 Å². The first-order valence-electron chi connectivity index (χ1n) is 8.54. The number of hydrogen-bond acceptors (Lipinski definition) is 2. The summed E-state index contributed by atoms with van der Waals surface area (Å²) in [6.07, 6.45) is 4.61. The summed E-state index contributed by atoms with van der Waals surface area (Å²) in [5.41, 5.74) is 0.709. The number of hydrogen-bond donors (Lipinski definition) is 2. The zero-order chi connectivity index (χ0) is 16.3. The highest BCUT2D eigenvalue weighted by Crippen LogP contribution is 2.45. The molecule has 3 nitrogen and oxygen atoms in total. The van der Waals surface area contributed by atoms with Gasteiger partial charge in [-0.25, -0.2) is 0 Å². The Kier molecular flexibility index (Phi) is 6.27. The second kappa shape index (κ2) is 7.13. The van der Waals surface area contributed by atoms with Gasteiger partial charge >= 0.3 is 0 Å². The van der Waals surface area contributed by atoms with Crippen LogP contribution in [0.3, 0.4) is 0 Å². The first-order chi connectivity index (χ1) is 9.51. The molecule has 1 aliphatic carbocycles. The van der Waals surface area contributed by atoms with Crippen molar-refractivity contribution in [2.75, 3.05) is 6.54 Å². The van der Waals surface area contributed by atoms with Crippen molar-refractivity contribution in [3.05, 3.63) is 0 Å². The van der Waals surface area contributed by atoms with Crippen molar-refractivity contribution in [3.8, 4) is 0 Å². The third-order valence-electron chi connectivity index (χ3n) is 4.45.